The predicted molar refractivity (Wildman–Crippen MR) is 96.1 cm³/mol. The Kier molecular flexibility index (Phi) is 5.69. The molecule has 0 unspecified atom stereocenters. The number of carbonyl (C=O) groups excluding carboxylic acids is 1. The number of hydrogen-bond acceptors (Lipinski definition) is 2. The second-order valence-corrected chi connectivity index (χ2v) is 6.23. The van der Waals surface area contributed by atoms with Gasteiger partial charge in [0.1, 0.15) is 0 Å². The van der Waals surface area contributed by atoms with Gasteiger partial charge in [0.2, 0.25) is 0 Å². The molecule has 0 aliphatic carbocycles. The molecule has 0 radical (unpaired) electrons. The number of halogens is 4. The van der Waals surface area contributed by atoms with Gasteiger partial charge in [0.25, 0.3) is 5.91 Å². The second-order valence-electron chi connectivity index (χ2n) is 5.42. The van der Waals surface area contributed by atoms with E-state index in [4.69, 9.17) is 23.8 Å². The summed E-state index contributed by atoms with van der Waals surface area (Å²) in [6, 6.07) is 8.08. The molecule has 0 aromatic heterocycles. The zero-order chi connectivity index (χ0) is 18.8. The summed E-state index contributed by atoms with van der Waals surface area (Å²) in [4.78, 5) is 12.2. The topological polar surface area (TPSA) is 41.1 Å². The van der Waals surface area contributed by atoms with Crippen molar-refractivity contribution in [2.45, 2.75) is 20.0 Å². The highest BCUT2D eigenvalue weighted by molar-refractivity contribution is 7.80. The van der Waals surface area contributed by atoms with Gasteiger partial charge in [0.05, 0.1) is 16.3 Å². The molecule has 0 fully saturated rings. The van der Waals surface area contributed by atoms with Gasteiger partial charge in [-0.1, -0.05) is 29.3 Å². The van der Waals surface area contributed by atoms with Crippen molar-refractivity contribution in [3.05, 3.63) is 63.7 Å². The summed E-state index contributed by atoms with van der Waals surface area (Å²) in [7, 11) is 0. The van der Waals surface area contributed by atoms with E-state index in [-0.39, 0.29) is 15.8 Å². The van der Waals surface area contributed by atoms with Crippen LogP contribution < -0.4 is 10.6 Å². The smallest absolute Gasteiger partial charge is 0.331 e. The van der Waals surface area contributed by atoms with E-state index in [1.807, 2.05) is 13.0 Å². The van der Waals surface area contributed by atoms with E-state index in [1.165, 1.54) is 0 Å². The van der Waals surface area contributed by atoms with Crippen molar-refractivity contribution >= 4 is 40.5 Å². The van der Waals surface area contributed by atoms with E-state index in [0.29, 0.717) is 5.56 Å². The molecule has 0 aliphatic rings. The molecule has 0 spiro atoms. The second kappa shape index (κ2) is 7.41. The van der Waals surface area contributed by atoms with Gasteiger partial charge in [-0.25, -0.2) is 0 Å². The Balaban J connectivity index is 2.13. The zero-order valence-corrected chi connectivity index (χ0v) is 14.9. The number of benzene rings is 2. The van der Waals surface area contributed by atoms with Gasteiger partial charge in [0.15, 0.2) is 5.11 Å². The van der Waals surface area contributed by atoms with Crippen molar-refractivity contribution in [3.63, 3.8) is 0 Å². The first-order chi connectivity index (χ1) is 11.6. The van der Waals surface area contributed by atoms with Crippen LogP contribution in [0, 0.1) is 13.8 Å². The third kappa shape index (κ3) is 4.93. The molecule has 0 heterocycles. The van der Waals surface area contributed by atoms with Crippen molar-refractivity contribution < 1.29 is 18.0 Å². The van der Waals surface area contributed by atoms with Crippen LogP contribution in [-0.4, -0.2) is 11.0 Å². The number of hydrogen-bond donors (Lipinski definition) is 2. The molecule has 0 saturated heterocycles. The molecule has 0 saturated carbocycles. The molecule has 2 N–H and O–H groups in total. The highest BCUT2D eigenvalue weighted by Gasteiger charge is 2.31. The van der Waals surface area contributed by atoms with Gasteiger partial charge < -0.3 is 5.32 Å². The normalized spacial score (nSPS) is 11.1. The quantitative estimate of drug-likeness (QED) is 0.705. The van der Waals surface area contributed by atoms with Crippen LogP contribution in [0.1, 0.15) is 27.0 Å². The van der Waals surface area contributed by atoms with Crippen LogP contribution in [0.3, 0.4) is 0 Å². The first kappa shape index (κ1) is 19.2. The molecule has 8 heteroatoms. The summed E-state index contributed by atoms with van der Waals surface area (Å²) < 4.78 is 38.3. The van der Waals surface area contributed by atoms with E-state index < -0.39 is 17.6 Å². The van der Waals surface area contributed by atoms with Crippen LogP contribution in [-0.2, 0) is 6.18 Å². The molecular formula is C17H14ClF3N2OS. The molecule has 2 aromatic rings. The Hall–Kier alpha value is -2.12. The van der Waals surface area contributed by atoms with E-state index in [1.54, 1.807) is 19.1 Å². The maximum absolute atomic E-state index is 12.8. The zero-order valence-electron chi connectivity index (χ0n) is 13.3. The Bertz CT molecular complexity index is 837. The van der Waals surface area contributed by atoms with Gasteiger partial charge in [-0.05, 0) is 55.9 Å². The summed E-state index contributed by atoms with van der Waals surface area (Å²) in [5, 5.41) is 4.86. The number of amides is 1. The SMILES string of the molecule is Cc1ccc(C(=O)NC(=S)Nc2cc(C(F)(F)F)ccc2Cl)c(C)c1. The molecule has 1 amide bonds. The predicted octanol–water partition coefficient (Wildman–Crippen LogP) is 5.10. The van der Waals surface area contributed by atoms with Crippen molar-refractivity contribution in [1.82, 2.24) is 5.32 Å². The lowest BCUT2D eigenvalue weighted by atomic mass is 10.1. The molecular weight excluding hydrogens is 373 g/mol. The van der Waals surface area contributed by atoms with Crippen LogP contribution in [0.4, 0.5) is 18.9 Å². The van der Waals surface area contributed by atoms with E-state index in [9.17, 15) is 18.0 Å². The average Bonchev–Trinajstić information content (AvgIpc) is 2.48. The molecule has 3 nitrogen and oxygen atoms in total. The first-order valence-electron chi connectivity index (χ1n) is 7.14. The van der Waals surface area contributed by atoms with Crippen LogP contribution in [0.2, 0.25) is 5.02 Å². The molecule has 0 atom stereocenters. The number of anilines is 1. The maximum atomic E-state index is 12.8. The Morgan fingerprint density at radius 2 is 1.80 bits per heavy atom. The summed E-state index contributed by atoms with van der Waals surface area (Å²) in [5.74, 6) is -0.460. The molecule has 2 rings (SSSR count). The average molecular weight is 387 g/mol. The third-order valence-corrected chi connectivity index (χ3v) is 3.93. The highest BCUT2D eigenvalue weighted by atomic mass is 35.5. The van der Waals surface area contributed by atoms with E-state index in [2.05, 4.69) is 10.6 Å². The van der Waals surface area contributed by atoms with Crippen LogP contribution in [0.5, 0.6) is 0 Å². The minimum absolute atomic E-state index is 0.0394. The van der Waals surface area contributed by atoms with Crippen molar-refractivity contribution in [1.29, 1.82) is 0 Å². The van der Waals surface area contributed by atoms with Gasteiger partial charge in [-0.3, -0.25) is 10.1 Å². The van der Waals surface area contributed by atoms with Crippen molar-refractivity contribution in [3.8, 4) is 0 Å². The Morgan fingerprint density at radius 1 is 1.12 bits per heavy atom. The van der Waals surface area contributed by atoms with Gasteiger partial charge in [-0.15, -0.1) is 0 Å². The number of thiocarbonyl (C=S) groups is 1. The summed E-state index contributed by atoms with van der Waals surface area (Å²) in [5.41, 5.74) is 1.28. The fraction of sp³-hybridized carbons (Fsp3) is 0.176. The van der Waals surface area contributed by atoms with Crippen molar-refractivity contribution in [2.24, 2.45) is 0 Å². The van der Waals surface area contributed by atoms with Gasteiger partial charge >= 0.3 is 6.18 Å². The van der Waals surface area contributed by atoms with Gasteiger partial charge in [0, 0.05) is 5.56 Å². The molecule has 2 aromatic carbocycles. The standard InChI is InChI=1S/C17H14ClF3N2OS/c1-9-3-5-12(10(2)7-9)15(24)23-16(25)22-14-8-11(17(19,20)21)4-6-13(14)18/h3-8H,1-2H3,(H2,22,23,24,25). The maximum Gasteiger partial charge on any atom is 0.416 e. The summed E-state index contributed by atoms with van der Waals surface area (Å²) >= 11 is 10.9. The molecule has 25 heavy (non-hydrogen) atoms. The lowest BCUT2D eigenvalue weighted by molar-refractivity contribution is -0.137. The third-order valence-electron chi connectivity index (χ3n) is 3.40. The number of alkyl halides is 3. The molecule has 0 aliphatic heterocycles. The number of rotatable bonds is 2. The number of nitrogens with one attached hydrogen (secondary N) is 2. The monoisotopic (exact) mass is 386 g/mol. The van der Waals surface area contributed by atoms with Crippen LogP contribution in [0.25, 0.3) is 0 Å². The Labute approximate surface area is 153 Å². The van der Waals surface area contributed by atoms with Gasteiger partial charge in [-0.2, -0.15) is 13.2 Å². The molecule has 0 bridgehead atoms. The van der Waals surface area contributed by atoms with E-state index in [0.717, 1.165) is 29.3 Å². The fourth-order valence-corrected chi connectivity index (χ4v) is 2.56. The van der Waals surface area contributed by atoms with Crippen molar-refractivity contribution in [2.75, 3.05) is 5.32 Å². The largest absolute Gasteiger partial charge is 0.416 e. The highest BCUT2D eigenvalue weighted by Crippen LogP contribution is 2.33. The number of aryl methyl sites for hydroxylation is 2. The fourth-order valence-electron chi connectivity index (χ4n) is 2.19. The lowest BCUT2D eigenvalue weighted by Crippen LogP contribution is -2.34. The number of carbonyl (C=O) groups is 1. The minimum atomic E-state index is -4.51. The lowest BCUT2D eigenvalue weighted by Gasteiger charge is -2.14. The molecule has 132 valence electrons. The minimum Gasteiger partial charge on any atom is -0.331 e. The first-order valence-corrected chi connectivity index (χ1v) is 7.93. The van der Waals surface area contributed by atoms with Crippen LogP contribution in [0.15, 0.2) is 36.4 Å². The summed E-state index contributed by atoms with van der Waals surface area (Å²) in [6.45, 7) is 3.68. The Morgan fingerprint density at radius 3 is 2.40 bits per heavy atom. The van der Waals surface area contributed by atoms with E-state index >= 15 is 0 Å². The summed E-state index contributed by atoms with van der Waals surface area (Å²) in [6.07, 6.45) is -4.51. The van der Waals surface area contributed by atoms with Crippen LogP contribution >= 0.6 is 23.8 Å².